The number of imidazole rings is 1. The predicted octanol–water partition coefficient (Wildman–Crippen LogP) is 0.865. The monoisotopic (exact) mass is 149 g/mol. The number of ketones is 1. The van der Waals surface area contributed by atoms with Crippen molar-refractivity contribution in [3.63, 3.8) is 0 Å². The molecule has 0 saturated heterocycles. The zero-order valence-corrected chi connectivity index (χ0v) is 6.03. The number of fused-ring (bicyclic) bond motifs is 1. The van der Waals surface area contributed by atoms with E-state index in [2.05, 4.69) is 10.1 Å². The molecule has 0 aliphatic carbocycles. The van der Waals surface area contributed by atoms with Gasteiger partial charge in [-0.25, -0.2) is 9.50 Å². The van der Waals surface area contributed by atoms with E-state index in [1.165, 1.54) is 6.92 Å². The van der Waals surface area contributed by atoms with E-state index < -0.39 is 0 Å². The Hall–Kier alpha value is -1.58. The molecule has 0 bridgehead atoms. The Kier molecular flexibility index (Phi) is 1.09. The number of rotatable bonds is 1. The normalized spacial score (nSPS) is 10.6. The van der Waals surface area contributed by atoms with Gasteiger partial charge in [0, 0.05) is 25.4 Å². The number of carbonyl (C=O) groups excluding carboxylic acids is 1. The van der Waals surface area contributed by atoms with Crippen LogP contribution in [-0.2, 0) is 0 Å². The zero-order chi connectivity index (χ0) is 7.84. The van der Waals surface area contributed by atoms with Crippen LogP contribution >= 0.6 is 0 Å². The molecule has 4 heteroatoms. The lowest BCUT2D eigenvalue weighted by molar-refractivity contribution is 0.101. The smallest absolute Gasteiger partial charge is 0.177 e. The van der Waals surface area contributed by atoms with Crippen molar-refractivity contribution in [1.82, 2.24) is 14.6 Å². The maximum absolute atomic E-state index is 10.8. The van der Waals surface area contributed by atoms with Crippen LogP contribution in [0.2, 0.25) is 0 Å². The minimum atomic E-state index is 0.0236. The molecular formula is C7H7N3O. The minimum Gasteiger partial charge on any atom is -0.293 e. The first-order chi connectivity index (χ1) is 5.27. The lowest BCUT2D eigenvalue weighted by atomic mass is 10.3. The predicted molar refractivity (Wildman–Crippen MR) is 39.5 cm³/mol. The van der Waals surface area contributed by atoms with Gasteiger partial charge in [-0.1, -0.05) is 0 Å². The first-order valence-electron chi connectivity index (χ1n) is 3.30. The van der Waals surface area contributed by atoms with E-state index in [9.17, 15) is 4.79 Å². The quantitative estimate of drug-likeness (QED) is 0.611. The summed E-state index contributed by atoms with van der Waals surface area (Å²) >= 11 is 0. The number of carbonyl (C=O) groups is 1. The van der Waals surface area contributed by atoms with Gasteiger partial charge in [-0.15, -0.1) is 0 Å². The summed E-state index contributed by atoms with van der Waals surface area (Å²) in [7, 11) is 0. The van der Waals surface area contributed by atoms with E-state index in [0.717, 1.165) is 5.65 Å². The summed E-state index contributed by atoms with van der Waals surface area (Å²) in [6.07, 6.45) is 3.44. The second-order valence-corrected chi connectivity index (χ2v) is 2.38. The molecule has 4 nitrogen and oxygen atoms in total. The largest absolute Gasteiger partial charge is 0.293 e. The number of aromatic nitrogens is 3. The van der Waals surface area contributed by atoms with E-state index in [-0.39, 0.29) is 5.78 Å². The average molecular weight is 149 g/mol. The van der Waals surface area contributed by atoms with E-state index >= 15 is 0 Å². The molecule has 2 rings (SSSR count). The van der Waals surface area contributed by atoms with Crippen molar-refractivity contribution in [2.75, 3.05) is 0 Å². The fraction of sp³-hybridized carbons (Fsp3) is 0.143. The Morgan fingerprint density at radius 3 is 3.18 bits per heavy atom. The Morgan fingerprint density at radius 1 is 1.73 bits per heavy atom. The van der Waals surface area contributed by atoms with E-state index in [1.54, 1.807) is 23.0 Å². The first-order valence-corrected chi connectivity index (χ1v) is 3.30. The fourth-order valence-corrected chi connectivity index (χ4v) is 0.988. The summed E-state index contributed by atoms with van der Waals surface area (Å²) in [6.45, 7) is 1.52. The van der Waals surface area contributed by atoms with Crippen molar-refractivity contribution in [2.24, 2.45) is 0 Å². The molecule has 56 valence electrons. The summed E-state index contributed by atoms with van der Waals surface area (Å²) in [5.74, 6) is 0.0236. The second-order valence-electron chi connectivity index (χ2n) is 2.38. The van der Waals surface area contributed by atoms with Gasteiger partial charge in [0.05, 0.1) is 0 Å². The first kappa shape index (κ1) is 6.15. The summed E-state index contributed by atoms with van der Waals surface area (Å²) in [5, 5.41) is 2.88. The van der Waals surface area contributed by atoms with Crippen molar-refractivity contribution in [3.05, 3.63) is 24.2 Å². The molecular weight excluding hydrogens is 142 g/mol. The van der Waals surface area contributed by atoms with Crippen molar-refractivity contribution in [3.8, 4) is 0 Å². The van der Waals surface area contributed by atoms with Gasteiger partial charge in [0.2, 0.25) is 0 Å². The third-order valence-electron chi connectivity index (χ3n) is 1.56. The van der Waals surface area contributed by atoms with Crippen LogP contribution in [-0.4, -0.2) is 20.4 Å². The van der Waals surface area contributed by atoms with Crippen LogP contribution in [0.3, 0.4) is 0 Å². The molecule has 0 aliphatic heterocycles. The Balaban J connectivity index is 2.67. The fourth-order valence-electron chi connectivity index (χ4n) is 0.988. The lowest BCUT2D eigenvalue weighted by Gasteiger charge is -1.84. The molecule has 2 aromatic heterocycles. The van der Waals surface area contributed by atoms with Gasteiger partial charge in [0.25, 0.3) is 0 Å². The van der Waals surface area contributed by atoms with Crippen LogP contribution < -0.4 is 0 Å². The molecule has 0 radical (unpaired) electrons. The van der Waals surface area contributed by atoms with E-state index in [0.29, 0.717) is 5.69 Å². The molecule has 0 aliphatic rings. The van der Waals surface area contributed by atoms with Crippen LogP contribution in [0.4, 0.5) is 0 Å². The molecule has 2 heterocycles. The number of Topliss-reactive ketones (excluding diaryl/α,β-unsaturated/α-hetero) is 1. The summed E-state index contributed by atoms with van der Waals surface area (Å²) in [5.41, 5.74) is 1.36. The van der Waals surface area contributed by atoms with Gasteiger partial charge < -0.3 is 0 Å². The Morgan fingerprint density at radius 2 is 2.55 bits per heavy atom. The lowest BCUT2D eigenvalue weighted by Crippen LogP contribution is -1.92. The number of nitrogens with zero attached hydrogens (tertiary/aromatic N) is 2. The van der Waals surface area contributed by atoms with Crippen molar-refractivity contribution >= 4 is 11.4 Å². The van der Waals surface area contributed by atoms with Crippen molar-refractivity contribution < 1.29 is 4.79 Å². The minimum absolute atomic E-state index is 0.0236. The standard InChI is InChI=1S/C7H7N3O/c1-5(11)6-4-7-8-2-3-10(7)9-6/h2-4,9H,1H3. The SMILES string of the molecule is CC(=O)c1cc2nccn2[nH]1. The van der Waals surface area contributed by atoms with Gasteiger partial charge in [0.15, 0.2) is 11.4 Å². The molecule has 0 amide bonds. The van der Waals surface area contributed by atoms with Crippen molar-refractivity contribution in [2.45, 2.75) is 6.92 Å². The maximum Gasteiger partial charge on any atom is 0.177 e. The van der Waals surface area contributed by atoms with Crippen LogP contribution in [0, 0.1) is 0 Å². The second kappa shape index (κ2) is 1.95. The number of hydrogen-bond donors (Lipinski definition) is 1. The van der Waals surface area contributed by atoms with Gasteiger partial charge >= 0.3 is 0 Å². The summed E-state index contributed by atoms with van der Waals surface area (Å²) in [4.78, 5) is 14.8. The molecule has 0 unspecified atom stereocenters. The van der Waals surface area contributed by atoms with Crippen molar-refractivity contribution in [1.29, 1.82) is 0 Å². The highest BCUT2D eigenvalue weighted by Gasteiger charge is 2.03. The highest BCUT2D eigenvalue weighted by Crippen LogP contribution is 2.03. The highest BCUT2D eigenvalue weighted by atomic mass is 16.1. The topological polar surface area (TPSA) is 50.2 Å². The van der Waals surface area contributed by atoms with E-state index in [4.69, 9.17) is 0 Å². The van der Waals surface area contributed by atoms with Gasteiger partial charge in [0.1, 0.15) is 5.69 Å². The molecule has 0 fully saturated rings. The van der Waals surface area contributed by atoms with E-state index in [1.807, 2.05) is 0 Å². The molecule has 1 N–H and O–H groups in total. The molecule has 11 heavy (non-hydrogen) atoms. The zero-order valence-electron chi connectivity index (χ0n) is 6.03. The molecule has 2 aromatic rings. The highest BCUT2D eigenvalue weighted by molar-refractivity contribution is 5.93. The maximum atomic E-state index is 10.8. The summed E-state index contributed by atoms with van der Waals surface area (Å²) < 4.78 is 1.71. The Bertz CT molecular complexity index is 370. The van der Waals surface area contributed by atoms with Crippen LogP contribution in [0.5, 0.6) is 0 Å². The molecule has 0 atom stereocenters. The van der Waals surface area contributed by atoms with Gasteiger partial charge in [-0.05, 0) is 0 Å². The van der Waals surface area contributed by atoms with Gasteiger partial charge in [-0.2, -0.15) is 0 Å². The molecule has 0 saturated carbocycles. The van der Waals surface area contributed by atoms with Crippen LogP contribution in [0.25, 0.3) is 5.65 Å². The third-order valence-corrected chi connectivity index (χ3v) is 1.56. The van der Waals surface area contributed by atoms with Crippen LogP contribution in [0.1, 0.15) is 17.4 Å². The summed E-state index contributed by atoms with van der Waals surface area (Å²) in [6, 6.07) is 1.72. The number of aromatic amines is 1. The van der Waals surface area contributed by atoms with Crippen LogP contribution in [0.15, 0.2) is 18.5 Å². The molecule has 0 aromatic carbocycles. The number of H-pyrrole nitrogens is 1. The molecule has 0 spiro atoms. The average Bonchev–Trinajstić information content (AvgIpc) is 2.40. The Labute approximate surface area is 62.8 Å². The number of nitrogens with one attached hydrogen (secondary N) is 1. The third kappa shape index (κ3) is 0.832. The number of hydrogen-bond acceptors (Lipinski definition) is 2. The van der Waals surface area contributed by atoms with Gasteiger partial charge in [-0.3, -0.25) is 9.89 Å².